The first-order valence-corrected chi connectivity index (χ1v) is 6.81. The zero-order valence-corrected chi connectivity index (χ0v) is 11.9. The smallest absolute Gasteiger partial charge is 0.231 e. The molecule has 1 N–H and O–H groups in total. The van der Waals surface area contributed by atoms with Crippen LogP contribution in [0.5, 0.6) is 11.5 Å². The molecule has 1 unspecified atom stereocenters. The van der Waals surface area contributed by atoms with Gasteiger partial charge in [-0.05, 0) is 35.9 Å². The van der Waals surface area contributed by atoms with Crippen molar-refractivity contribution in [2.75, 3.05) is 13.4 Å². The first-order valence-electron chi connectivity index (χ1n) is 6.02. The predicted molar refractivity (Wildman–Crippen MR) is 74.4 cm³/mol. The Balaban J connectivity index is 2.21. The molecule has 2 aromatic carbocycles. The molecular formula is C14H13BrO4. The lowest BCUT2D eigenvalue weighted by atomic mass is 10.0. The summed E-state index contributed by atoms with van der Waals surface area (Å²) >= 11 is 3.46. The van der Waals surface area contributed by atoms with Gasteiger partial charge in [0.1, 0.15) is 0 Å². The van der Waals surface area contributed by atoms with E-state index in [0.717, 1.165) is 21.0 Å². The summed E-state index contributed by atoms with van der Waals surface area (Å²) in [7, 11) is 0. The highest BCUT2D eigenvalue weighted by atomic mass is 79.9. The van der Waals surface area contributed by atoms with Crippen molar-refractivity contribution in [1.82, 2.24) is 0 Å². The van der Waals surface area contributed by atoms with Crippen LogP contribution in [0.2, 0.25) is 0 Å². The highest BCUT2D eigenvalue weighted by Crippen LogP contribution is 2.40. The molecule has 4 nitrogen and oxygen atoms in total. The average molecular weight is 325 g/mol. The number of rotatable bonds is 3. The summed E-state index contributed by atoms with van der Waals surface area (Å²) < 4.78 is 16.8. The van der Waals surface area contributed by atoms with Gasteiger partial charge in [-0.15, -0.1) is 0 Å². The van der Waals surface area contributed by atoms with Crippen molar-refractivity contribution in [3.63, 3.8) is 0 Å². The van der Waals surface area contributed by atoms with E-state index in [4.69, 9.17) is 14.2 Å². The first-order chi connectivity index (χ1) is 9.20. The van der Waals surface area contributed by atoms with Crippen LogP contribution in [-0.4, -0.2) is 18.5 Å². The van der Waals surface area contributed by atoms with E-state index in [-0.39, 0.29) is 6.79 Å². The van der Waals surface area contributed by atoms with Gasteiger partial charge in [-0.25, -0.2) is 0 Å². The van der Waals surface area contributed by atoms with Gasteiger partial charge in [0.15, 0.2) is 17.8 Å². The third kappa shape index (κ3) is 2.18. The number of aliphatic hydroxyl groups is 1. The van der Waals surface area contributed by atoms with Crippen molar-refractivity contribution < 1.29 is 19.3 Å². The van der Waals surface area contributed by atoms with E-state index in [2.05, 4.69) is 15.9 Å². The van der Waals surface area contributed by atoms with Gasteiger partial charge >= 0.3 is 0 Å². The van der Waals surface area contributed by atoms with Crippen LogP contribution in [0.3, 0.4) is 0 Å². The first kappa shape index (κ1) is 12.7. The number of aliphatic hydroxyl groups excluding tert-OH is 1. The summed E-state index contributed by atoms with van der Waals surface area (Å²) in [6.45, 7) is 2.52. The van der Waals surface area contributed by atoms with Crippen LogP contribution < -0.4 is 9.47 Å². The SMILES string of the molecule is CCOC(O)c1c(Br)ccc2cc3c(cc12)OCO3. The highest BCUT2D eigenvalue weighted by molar-refractivity contribution is 9.10. The molecule has 0 saturated heterocycles. The maximum atomic E-state index is 10.1. The van der Waals surface area contributed by atoms with Gasteiger partial charge in [0, 0.05) is 16.6 Å². The van der Waals surface area contributed by atoms with Gasteiger partial charge < -0.3 is 19.3 Å². The molecule has 0 spiro atoms. The van der Waals surface area contributed by atoms with Crippen LogP contribution in [0.15, 0.2) is 28.7 Å². The number of fused-ring (bicyclic) bond motifs is 2. The second-order valence-electron chi connectivity index (χ2n) is 4.20. The molecular weight excluding hydrogens is 312 g/mol. The second-order valence-corrected chi connectivity index (χ2v) is 5.05. The Hall–Kier alpha value is -1.30. The molecule has 1 heterocycles. The molecule has 0 aliphatic carbocycles. The molecule has 100 valence electrons. The molecule has 1 aliphatic heterocycles. The number of benzene rings is 2. The van der Waals surface area contributed by atoms with Crippen molar-refractivity contribution in [2.45, 2.75) is 13.2 Å². The summed E-state index contributed by atoms with van der Waals surface area (Å²) in [4.78, 5) is 0. The molecule has 1 aliphatic rings. The molecule has 0 amide bonds. The van der Waals surface area contributed by atoms with Gasteiger partial charge in [0.05, 0.1) is 0 Å². The van der Waals surface area contributed by atoms with E-state index in [0.29, 0.717) is 17.9 Å². The summed E-state index contributed by atoms with van der Waals surface area (Å²) in [5.41, 5.74) is 0.706. The van der Waals surface area contributed by atoms with E-state index in [1.54, 1.807) is 0 Å². The molecule has 1 atom stereocenters. The topological polar surface area (TPSA) is 47.9 Å². The second kappa shape index (κ2) is 5.00. The Morgan fingerprint density at radius 1 is 1.32 bits per heavy atom. The number of hydrogen-bond donors (Lipinski definition) is 1. The van der Waals surface area contributed by atoms with E-state index >= 15 is 0 Å². The van der Waals surface area contributed by atoms with Crippen LogP contribution in [-0.2, 0) is 4.74 Å². The van der Waals surface area contributed by atoms with Crippen LogP contribution in [0, 0.1) is 0 Å². The predicted octanol–water partition coefficient (Wildman–Crippen LogP) is 3.36. The number of hydrogen-bond acceptors (Lipinski definition) is 4. The molecule has 0 bridgehead atoms. The Morgan fingerprint density at radius 3 is 2.79 bits per heavy atom. The van der Waals surface area contributed by atoms with Gasteiger partial charge in [0.2, 0.25) is 6.79 Å². The Kier molecular flexibility index (Phi) is 3.35. The fourth-order valence-corrected chi connectivity index (χ4v) is 2.74. The maximum Gasteiger partial charge on any atom is 0.231 e. The molecule has 0 aromatic heterocycles. The van der Waals surface area contributed by atoms with Crippen molar-refractivity contribution >= 4 is 26.7 Å². The molecule has 3 rings (SSSR count). The van der Waals surface area contributed by atoms with Crippen molar-refractivity contribution in [1.29, 1.82) is 0 Å². The fraction of sp³-hybridized carbons (Fsp3) is 0.286. The van der Waals surface area contributed by atoms with Crippen molar-refractivity contribution in [2.24, 2.45) is 0 Å². The third-order valence-electron chi connectivity index (χ3n) is 3.07. The van der Waals surface area contributed by atoms with Crippen molar-refractivity contribution in [3.8, 4) is 11.5 Å². The largest absolute Gasteiger partial charge is 0.454 e. The Labute approximate surface area is 119 Å². The standard InChI is InChI=1S/C14H13BrO4/c1-2-17-14(16)13-9-6-12-11(18-7-19-12)5-8(9)3-4-10(13)15/h3-6,14,16H,2,7H2,1H3. The molecule has 5 heteroatoms. The summed E-state index contributed by atoms with van der Waals surface area (Å²) in [6.07, 6.45) is -0.969. The quantitative estimate of drug-likeness (QED) is 0.879. The fourth-order valence-electron chi connectivity index (χ4n) is 2.20. The number of halogens is 1. The lowest BCUT2D eigenvalue weighted by Crippen LogP contribution is -2.04. The number of ether oxygens (including phenoxy) is 3. The monoisotopic (exact) mass is 324 g/mol. The van der Waals surface area contributed by atoms with Gasteiger partial charge in [-0.1, -0.05) is 22.0 Å². The van der Waals surface area contributed by atoms with Crippen molar-refractivity contribution in [3.05, 3.63) is 34.3 Å². The van der Waals surface area contributed by atoms with Gasteiger partial charge in [-0.2, -0.15) is 0 Å². The molecule has 0 radical (unpaired) electrons. The summed E-state index contributed by atoms with van der Waals surface area (Å²) in [5, 5.41) is 12.0. The average Bonchev–Trinajstić information content (AvgIpc) is 2.83. The Bertz CT molecular complexity index is 626. The zero-order valence-electron chi connectivity index (χ0n) is 10.4. The zero-order chi connectivity index (χ0) is 13.4. The minimum atomic E-state index is -0.969. The minimum Gasteiger partial charge on any atom is -0.454 e. The van der Waals surface area contributed by atoms with Crippen LogP contribution >= 0.6 is 15.9 Å². The molecule has 0 saturated carbocycles. The lowest BCUT2D eigenvalue weighted by molar-refractivity contribution is -0.0974. The summed E-state index contributed by atoms with van der Waals surface area (Å²) in [5.74, 6) is 1.42. The lowest BCUT2D eigenvalue weighted by Gasteiger charge is -2.16. The van der Waals surface area contributed by atoms with Crippen LogP contribution in [0.4, 0.5) is 0 Å². The van der Waals surface area contributed by atoms with E-state index in [9.17, 15) is 5.11 Å². The van der Waals surface area contributed by atoms with Gasteiger partial charge in [0.25, 0.3) is 0 Å². The van der Waals surface area contributed by atoms with E-state index in [1.165, 1.54) is 0 Å². The minimum absolute atomic E-state index is 0.232. The van der Waals surface area contributed by atoms with E-state index < -0.39 is 6.29 Å². The van der Waals surface area contributed by atoms with Crippen LogP contribution in [0.1, 0.15) is 18.8 Å². The Morgan fingerprint density at radius 2 is 2.05 bits per heavy atom. The third-order valence-corrected chi connectivity index (χ3v) is 3.76. The van der Waals surface area contributed by atoms with Crippen LogP contribution in [0.25, 0.3) is 10.8 Å². The molecule has 19 heavy (non-hydrogen) atoms. The summed E-state index contributed by atoms with van der Waals surface area (Å²) in [6, 6.07) is 7.64. The normalized spacial score (nSPS) is 14.9. The van der Waals surface area contributed by atoms with Gasteiger partial charge in [-0.3, -0.25) is 0 Å². The highest BCUT2D eigenvalue weighted by Gasteiger charge is 2.20. The van der Waals surface area contributed by atoms with E-state index in [1.807, 2.05) is 31.2 Å². The molecule has 2 aromatic rings. The molecule has 0 fully saturated rings. The maximum absolute atomic E-state index is 10.1.